The molecule has 0 fully saturated rings. The lowest BCUT2D eigenvalue weighted by Crippen LogP contribution is -2.15. The fourth-order valence-corrected chi connectivity index (χ4v) is 7.07. The minimum Gasteiger partial charge on any atom is -0.499 e. The Hall–Kier alpha value is -0.990. The van der Waals surface area contributed by atoms with Crippen molar-refractivity contribution in [2.24, 2.45) is 23.7 Å². The van der Waals surface area contributed by atoms with Crippen LogP contribution in [-0.2, 0) is 14.3 Å². The topological polar surface area (TPSA) is 35.5 Å². The van der Waals surface area contributed by atoms with Crippen LogP contribution >= 0.6 is 0 Å². The second-order valence-corrected chi connectivity index (χ2v) is 14.0. The van der Waals surface area contributed by atoms with Crippen molar-refractivity contribution in [3.8, 4) is 0 Å². The summed E-state index contributed by atoms with van der Waals surface area (Å²) in [5.74, 6) is 3.94. The molecule has 0 rings (SSSR count). The van der Waals surface area contributed by atoms with E-state index < -0.39 is 0 Å². The van der Waals surface area contributed by atoms with E-state index in [-0.39, 0.29) is 5.97 Å². The van der Waals surface area contributed by atoms with Crippen molar-refractivity contribution in [2.45, 2.75) is 208 Å². The third-order valence-electron chi connectivity index (χ3n) is 10.2. The summed E-state index contributed by atoms with van der Waals surface area (Å²) < 4.78 is 11.8. The SMILES string of the molecule is C=C(CCCC(CC)C(CC)CCCC(=O)OCCC(CCCCC)CCCCC)OCCC(CCCCC)CCCCC. The van der Waals surface area contributed by atoms with Crippen LogP contribution in [0.4, 0.5) is 0 Å². The monoisotopic (exact) mass is 621 g/mol. The summed E-state index contributed by atoms with van der Waals surface area (Å²) in [4.78, 5) is 12.5. The molecule has 0 aromatic carbocycles. The zero-order valence-electron chi connectivity index (χ0n) is 31.0. The van der Waals surface area contributed by atoms with Gasteiger partial charge in [-0.25, -0.2) is 0 Å². The Bertz CT molecular complexity index is 555. The van der Waals surface area contributed by atoms with E-state index in [0.29, 0.717) is 18.9 Å². The number of unbranched alkanes of at least 4 members (excludes halogenated alkanes) is 8. The van der Waals surface area contributed by atoms with Crippen molar-refractivity contribution in [1.29, 1.82) is 0 Å². The summed E-state index contributed by atoms with van der Waals surface area (Å²) >= 11 is 0. The van der Waals surface area contributed by atoms with Gasteiger partial charge >= 0.3 is 5.97 Å². The molecule has 0 radical (unpaired) electrons. The van der Waals surface area contributed by atoms with Crippen molar-refractivity contribution in [3.63, 3.8) is 0 Å². The molecule has 0 aliphatic carbocycles. The molecular weight excluding hydrogens is 540 g/mol. The minimum absolute atomic E-state index is 0.0141. The molecule has 2 unspecified atom stereocenters. The van der Waals surface area contributed by atoms with E-state index >= 15 is 0 Å². The number of hydrogen-bond donors (Lipinski definition) is 0. The van der Waals surface area contributed by atoms with Gasteiger partial charge in [0.05, 0.1) is 19.0 Å². The average molecular weight is 621 g/mol. The molecule has 0 aromatic rings. The maximum absolute atomic E-state index is 12.5. The van der Waals surface area contributed by atoms with Gasteiger partial charge in [0, 0.05) is 12.8 Å². The quantitative estimate of drug-likeness (QED) is 0.0408. The van der Waals surface area contributed by atoms with Gasteiger partial charge in [-0.1, -0.05) is 164 Å². The third kappa shape index (κ3) is 25.2. The molecule has 0 aromatic heterocycles. The van der Waals surface area contributed by atoms with Gasteiger partial charge in [0.2, 0.25) is 0 Å². The average Bonchev–Trinajstić information content (AvgIpc) is 3.01. The van der Waals surface area contributed by atoms with Gasteiger partial charge in [-0.2, -0.15) is 0 Å². The molecule has 262 valence electrons. The maximum Gasteiger partial charge on any atom is 0.305 e. The van der Waals surface area contributed by atoms with Crippen LogP contribution in [0.5, 0.6) is 0 Å². The van der Waals surface area contributed by atoms with Crippen LogP contribution in [0.3, 0.4) is 0 Å². The third-order valence-corrected chi connectivity index (χ3v) is 10.2. The molecule has 2 atom stereocenters. The Balaban J connectivity index is 4.32. The number of ether oxygens (including phenoxy) is 2. The molecule has 3 heteroatoms. The number of hydrogen-bond acceptors (Lipinski definition) is 3. The lowest BCUT2D eigenvalue weighted by Gasteiger charge is -2.25. The fraction of sp³-hybridized carbons (Fsp3) is 0.927. The number of carbonyl (C=O) groups excluding carboxylic acids is 1. The standard InChI is InChI=1S/C41H80O3/c1-8-14-18-25-37(26-19-15-9-2)32-34-43-36(7)24-22-29-39(12-5)40(13-6)30-23-31-41(42)44-35-33-38(27-20-16-10-3)28-21-17-11-4/h37-40H,7-35H2,1-6H3. The Morgan fingerprint density at radius 1 is 0.477 bits per heavy atom. The molecule has 0 saturated heterocycles. The number of allylic oxidation sites excluding steroid dienone is 1. The highest BCUT2D eigenvalue weighted by Gasteiger charge is 2.19. The molecule has 0 aliphatic rings. The fourth-order valence-electron chi connectivity index (χ4n) is 7.07. The van der Waals surface area contributed by atoms with Crippen molar-refractivity contribution in [1.82, 2.24) is 0 Å². The van der Waals surface area contributed by atoms with Gasteiger partial charge in [-0.05, 0) is 62.2 Å². The summed E-state index contributed by atoms with van der Waals surface area (Å²) in [6.07, 6.45) is 31.9. The van der Waals surface area contributed by atoms with Gasteiger partial charge in [-0.15, -0.1) is 0 Å². The van der Waals surface area contributed by atoms with E-state index in [1.54, 1.807) is 0 Å². The van der Waals surface area contributed by atoms with Gasteiger partial charge in [0.1, 0.15) is 0 Å². The zero-order valence-corrected chi connectivity index (χ0v) is 31.0. The highest BCUT2D eigenvalue weighted by Crippen LogP contribution is 2.30. The van der Waals surface area contributed by atoms with Crippen LogP contribution in [-0.4, -0.2) is 19.2 Å². The first-order valence-corrected chi connectivity index (χ1v) is 19.9. The Morgan fingerprint density at radius 3 is 1.25 bits per heavy atom. The van der Waals surface area contributed by atoms with Gasteiger partial charge < -0.3 is 9.47 Å². The van der Waals surface area contributed by atoms with E-state index in [2.05, 4.69) is 48.1 Å². The number of rotatable bonds is 34. The van der Waals surface area contributed by atoms with Crippen LogP contribution in [0.1, 0.15) is 208 Å². The smallest absolute Gasteiger partial charge is 0.305 e. The number of esters is 1. The van der Waals surface area contributed by atoms with Crippen LogP contribution in [0, 0.1) is 23.7 Å². The summed E-state index contributed by atoms with van der Waals surface area (Å²) in [5.41, 5.74) is 0. The lowest BCUT2D eigenvalue weighted by molar-refractivity contribution is -0.144. The molecule has 0 bridgehead atoms. The summed E-state index contributed by atoms with van der Waals surface area (Å²) in [5, 5.41) is 0. The largest absolute Gasteiger partial charge is 0.499 e. The molecule has 0 heterocycles. The van der Waals surface area contributed by atoms with Crippen molar-refractivity contribution in [3.05, 3.63) is 12.3 Å². The highest BCUT2D eigenvalue weighted by atomic mass is 16.5. The minimum atomic E-state index is 0.0141. The first-order valence-electron chi connectivity index (χ1n) is 19.9. The van der Waals surface area contributed by atoms with Crippen LogP contribution < -0.4 is 0 Å². The molecule has 0 aliphatic heterocycles. The van der Waals surface area contributed by atoms with Gasteiger partial charge in [0.15, 0.2) is 0 Å². The van der Waals surface area contributed by atoms with E-state index in [1.165, 1.54) is 128 Å². The zero-order chi connectivity index (χ0) is 32.7. The van der Waals surface area contributed by atoms with E-state index in [9.17, 15) is 4.79 Å². The summed E-state index contributed by atoms with van der Waals surface area (Å²) in [7, 11) is 0. The summed E-state index contributed by atoms with van der Waals surface area (Å²) in [6, 6.07) is 0. The Kier molecular flexibility index (Phi) is 31.3. The maximum atomic E-state index is 12.5. The van der Waals surface area contributed by atoms with E-state index in [1.807, 2.05) is 0 Å². The van der Waals surface area contributed by atoms with Crippen LogP contribution in [0.2, 0.25) is 0 Å². The van der Waals surface area contributed by atoms with Gasteiger partial charge in [0.25, 0.3) is 0 Å². The van der Waals surface area contributed by atoms with Crippen LogP contribution in [0.25, 0.3) is 0 Å². The van der Waals surface area contributed by atoms with Crippen molar-refractivity contribution < 1.29 is 14.3 Å². The second kappa shape index (κ2) is 32.0. The van der Waals surface area contributed by atoms with Crippen LogP contribution in [0.15, 0.2) is 12.3 Å². The highest BCUT2D eigenvalue weighted by molar-refractivity contribution is 5.69. The molecule has 0 amide bonds. The Morgan fingerprint density at radius 2 is 0.864 bits per heavy atom. The molecule has 44 heavy (non-hydrogen) atoms. The predicted molar refractivity (Wildman–Crippen MR) is 194 cm³/mol. The molecule has 0 saturated carbocycles. The van der Waals surface area contributed by atoms with E-state index in [4.69, 9.17) is 9.47 Å². The molecular formula is C41H80O3. The van der Waals surface area contributed by atoms with E-state index in [0.717, 1.165) is 62.2 Å². The molecule has 0 spiro atoms. The predicted octanol–water partition coefficient (Wildman–Crippen LogP) is 13.8. The van der Waals surface area contributed by atoms with Gasteiger partial charge in [-0.3, -0.25) is 4.79 Å². The Labute approximate surface area is 277 Å². The number of carbonyl (C=O) groups is 1. The van der Waals surface area contributed by atoms with Crippen molar-refractivity contribution >= 4 is 5.97 Å². The van der Waals surface area contributed by atoms with Crippen molar-refractivity contribution in [2.75, 3.05) is 13.2 Å². The normalized spacial score (nSPS) is 13.0. The first-order chi connectivity index (χ1) is 21.4. The first kappa shape index (κ1) is 43.0. The molecule has 3 nitrogen and oxygen atoms in total. The molecule has 0 N–H and O–H groups in total. The second-order valence-electron chi connectivity index (χ2n) is 14.0. The lowest BCUT2D eigenvalue weighted by atomic mass is 9.81. The summed E-state index contributed by atoms with van der Waals surface area (Å²) in [6.45, 7) is 19.5.